The maximum atomic E-state index is 12.8. The number of benzene rings is 1. The highest BCUT2D eigenvalue weighted by Crippen LogP contribution is 2.64. The number of aliphatic imine (C=N–C) groups is 1. The Morgan fingerprint density at radius 3 is 2.82 bits per heavy atom. The molecule has 2 fully saturated rings. The van der Waals surface area contributed by atoms with Gasteiger partial charge in [0.05, 0.1) is 11.9 Å². The molecule has 1 spiro atoms. The van der Waals surface area contributed by atoms with Gasteiger partial charge in [0.2, 0.25) is 5.95 Å². The second-order valence-electron chi connectivity index (χ2n) is 8.60. The van der Waals surface area contributed by atoms with E-state index in [1.165, 1.54) is 30.9 Å². The second kappa shape index (κ2) is 9.76. The van der Waals surface area contributed by atoms with Crippen LogP contribution in [0, 0.1) is 5.41 Å². The number of nitrogens with two attached hydrogens (primary N) is 1. The highest BCUT2D eigenvalue weighted by molar-refractivity contribution is 7.99. The Morgan fingerprint density at radius 1 is 1.30 bits per heavy atom. The van der Waals surface area contributed by atoms with Crippen LogP contribution in [0.5, 0.6) is 0 Å². The average Bonchev–Trinajstić information content (AvgIpc) is 3.15. The summed E-state index contributed by atoms with van der Waals surface area (Å²) in [5.74, 6) is 1.92. The molecule has 1 saturated carbocycles. The first-order valence-corrected chi connectivity index (χ1v) is 11.9. The lowest BCUT2D eigenvalue weighted by Crippen LogP contribution is -2.23. The van der Waals surface area contributed by atoms with E-state index in [1.807, 2.05) is 11.6 Å². The molecule has 0 radical (unpaired) electrons. The van der Waals surface area contributed by atoms with Crippen LogP contribution in [0.1, 0.15) is 36.3 Å². The van der Waals surface area contributed by atoms with E-state index in [1.54, 1.807) is 23.9 Å². The van der Waals surface area contributed by atoms with Crippen molar-refractivity contribution in [2.75, 3.05) is 30.7 Å². The minimum absolute atomic E-state index is 0.248. The van der Waals surface area contributed by atoms with Crippen LogP contribution in [0.3, 0.4) is 0 Å². The molecule has 1 saturated heterocycles. The van der Waals surface area contributed by atoms with Crippen molar-refractivity contribution < 1.29 is 13.2 Å². The minimum Gasteiger partial charge on any atom is -0.403 e. The second-order valence-corrected chi connectivity index (χ2v) is 9.66. The monoisotopic (exact) mass is 479 g/mol. The lowest BCUT2D eigenvalue weighted by molar-refractivity contribution is -0.137. The number of halogens is 3. The Kier molecular flexibility index (Phi) is 6.99. The number of nitrogens with one attached hydrogen (secondary N) is 1. The molecular weight excluding hydrogens is 451 g/mol. The smallest absolute Gasteiger partial charge is 0.403 e. The molecule has 2 aliphatic rings. The van der Waals surface area contributed by atoms with Crippen molar-refractivity contribution >= 4 is 24.0 Å². The van der Waals surface area contributed by atoms with Gasteiger partial charge in [-0.3, -0.25) is 4.57 Å². The lowest BCUT2D eigenvalue weighted by atomic mass is 9.97. The summed E-state index contributed by atoms with van der Waals surface area (Å²) in [6.45, 7) is 3.09. The number of alkyl halides is 3. The zero-order valence-electron chi connectivity index (χ0n) is 18.4. The molecule has 2 aromatic rings. The summed E-state index contributed by atoms with van der Waals surface area (Å²) in [5.41, 5.74) is 5.94. The van der Waals surface area contributed by atoms with Crippen molar-refractivity contribution in [3.8, 4) is 0 Å². The number of hydrogen-bond donors (Lipinski definition) is 2. The van der Waals surface area contributed by atoms with E-state index in [4.69, 9.17) is 5.73 Å². The number of rotatable bonds is 9. The fraction of sp³-hybridized carbons (Fsp3) is 0.500. The average molecular weight is 480 g/mol. The molecule has 2 atom stereocenters. The largest absolute Gasteiger partial charge is 0.416 e. The highest BCUT2D eigenvalue weighted by Gasteiger charge is 2.57. The third-order valence-corrected chi connectivity index (χ3v) is 7.53. The summed E-state index contributed by atoms with van der Waals surface area (Å²) in [4.78, 5) is 6.41. The molecule has 4 rings (SSSR count). The van der Waals surface area contributed by atoms with Gasteiger partial charge in [-0.25, -0.2) is 4.99 Å². The van der Waals surface area contributed by atoms with E-state index in [2.05, 4.69) is 25.4 Å². The third-order valence-electron chi connectivity index (χ3n) is 6.42. The molecule has 11 heteroatoms. The Hall–Kier alpha value is -2.53. The number of hydrogen-bond acceptors (Lipinski definition) is 6. The van der Waals surface area contributed by atoms with Gasteiger partial charge in [-0.1, -0.05) is 23.9 Å². The topological polar surface area (TPSA) is 84.4 Å². The van der Waals surface area contributed by atoms with Crippen LogP contribution in [0.25, 0.3) is 0 Å². The lowest BCUT2D eigenvalue weighted by Gasteiger charge is -2.16. The molecule has 1 aliphatic heterocycles. The fourth-order valence-electron chi connectivity index (χ4n) is 4.56. The quantitative estimate of drug-likeness (QED) is 0.244. The Balaban J connectivity index is 1.20. The van der Waals surface area contributed by atoms with Crippen LogP contribution in [0.4, 0.5) is 19.1 Å². The summed E-state index contributed by atoms with van der Waals surface area (Å²) >= 11 is 1.66. The third kappa shape index (κ3) is 5.52. The predicted molar refractivity (Wildman–Crippen MR) is 124 cm³/mol. The molecule has 1 unspecified atom stereocenters. The van der Waals surface area contributed by atoms with E-state index in [0.717, 1.165) is 55.4 Å². The minimum atomic E-state index is -4.28. The van der Waals surface area contributed by atoms with Crippen LogP contribution < -0.4 is 11.1 Å². The van der Waals surface area contributed by atoms with Gasteiger partial charge in [0, 0.05) is 31.7 Å². The number of anilines is 1. The molecule has 3 N–H and O–H groups in total. The first-order valence-electron chi connectivity index (χ1n) is 10.9. The maximum absolute atomic E-state index is 12.8. The van der Waals surface area contributed by atoms with Crippen molar-refractivity contribution in [3.63, 3.8) is 0 Å². The number of likely N-dealkylation sites (tertiary alicyclic amines) is 1. The Bertz CT molecular complexity index is 1000. The zero-order chi connectivity index (χ0) is 23.5. The van der Waals surface area contributed by atoms with Crippen molar-refractivity contribution in [1.29, 1.82) is 0 Å². The van der Waals surface area contributed by atoms with Crippen LogP contribution in [-0.2, 0) is 13.2 Å². The molecule has 1 aliphatic carbocycles. The molecule has 7 nitrogen and oxygen atoms in total. The fourth-order valence-corrected chi connectivity index (χ4v) is 5.39. The molecule has 2 heterocycles. The van der Waals surface area contributed by atoms with Crippen LogP contribution in [0.2, 0.25) is 0 Å². The van der Waals surface area contributed by atoms with E-state index in [9.17, 15) is 13.2 Å². The summed E-state index contributed by atoms with van der Waals surface area (Å²) in [6.07, 6.45) is 3.26. The van der Waals surface area contributed by atoms with E-state index < -0.39 is 11.7 Å². The van der Waals surface area contributed by atoms with E-state index in [0.29, 0.717) is 11.9 Å². The van der Waals surface area contributed by atoms with Gasteiger partial charge >= 0.3 is 6.18 Å². The number of aromatic nitrogens is 3. The van der Waals surface area contributed by atoms with Crippen molar-refractivity contribution in [3.05, 3.63) is 47.8 Å². The van der Waals surface area contributed by atoms with Crippen molar-refractivity contribution in [1.82, 2.24) is 19.7 Å². The summed E-state index contributed by atoms with van der Waals surface area (Å²) < 4.78 is 40.3. The van der Waals surface area contributed by atoms with E-state index >= 15 is 0 Å². The molecule has 0 amide bonds. The normalized spacial score (nSPS) is 23.3. The molecule has 178 valence electrons. The van der Waals surface area contributed by atoms with Gasteiger partial charge < -0.3 is 16.0 Å². The zero-order valence-corrected chi connectivity index (χ0v) is 19.2. The summed E-state index contributed by atoms with van der Waals surface area (Å²) in [7, 11) is 1.90. The first-order chi connectivity index (χ1) is 15.8. The van der Waals surface area contributed by atoms with Crippen LogP contribution in [-0.4, -0.2) is 51.4 Å². The standard InChI is InChI=1S/C22H28F3N7S/c1-31-19(28-15-27-9-8-26)29-30-20(31)33-12-2-10-32-11-7-21(14-32)13-18(21)16-3-5-17(6-4-16)22(23,24)25/h3-6,8-9,15,18H,2,7,10-14,26H2,1H3,(H,27,28,29)/b9-8-/t18?,21-/m1/s1. The van der Waals surface area contributed by atoms with Gasteiger partial charge in [-0.2, -0.15) is 13.2 Å². The first kappa shape index (κ1) is 23.6. The molecular formula is C22H28F3N7S. The van der Waals surface area contributed by atoms with Gasteiger partial charge in [0.1, 0.15) is 0 Å². The SMILES string of the molecule is Cn1c(NC=N/C=C\N)nnc1SCCCN1CC[C@@]2(CC2c2ccc(C(F)(F)F)cc2)C1. The van der Waals surface area contributed by atoms with E-state index in [-0.39, 0.29) is 5.41 Å². The summed E-state index contributed by atoms with van der Waals surface area (Å²) in [6, 6.07) is 5.74. The summed E-state index contributed by atoms with van der Waals surface area (Å²) in [5, 5.41) is 12.1. The van der Waals surface area contributed by atoms with Crippen LogP contribution in [0.15, 0.2) is 46.8 Å². The van der Waals surface area contributed by atoms with Gasteiger partial charge in [-0.05, 0) is 61.4 Å². The van der Waals surface area contributed by atoms with Crippen molar-refractivity contribution in [2.24, 2.45) is 23.2 Å². The van der Waals surface area contributed by atoms with Crippen molar-refractivity contribution in [2.45, 2.75) is 36.5 Å². The Morgan fingerprint density at radius 2 is 2.09 bits per heavy atom. The predicted octanol–water partition coefficient (Wildman–Crippen LogP) is 4.07. The molecule has 1 aromatic carbocycles. The van der Waals surface area contributed by atoms with Crippen LogP contribution >= 0.6 is 11.8 Å². The maximum Gasteiger partial charge on any atom is 0.416 e. The van der Waals surface area contributed by atoms with Gasteiger partial charge in [0.25, 0.3) is 0 Å². The molecule has 0 bridgehead atoms. The van der Waals surface area contributed by atoms with Gasteiger partial charge in [0.15, 0.2) is 5.16 Å². The number of nitrogens with zero attached hydrogens (tertiary/aromatic N) is 5. The van der Waals surface area contributed by atoms with Gasteiger partial charge in [-0.15, -0.1) is 10.2 Å². The molecule has 33 heavy (non-hydrogen) atoms. The molecule has 1 aromatic heterocycles. The number of thioether (sulfide) groups is 1. The Labute approximate surface area is 195 Å². The highest BCUT2D eigenvalue weighted by atomic mass is 32.2.